The Morgan fingerprint density at radius 2 is 1.50 bits per heavy atom. The van der Waals surface area contributed by atoms with Crippen molar-refractivity contribution in [1.82, 2.24) is 0 Å². The molecule has 2 aromatic carbocycles. The van der Waals surface area contributed by atoms with Gasteiger partial charge in [0.15, 0.2) is 0 Å². The van der Waals surface area contributed by atoms with E-state index < -0.39 is 5.97 Å². The van der Waals surface area contributed by atoms with Gasteiger partial charge in [-0.15, -0.1) is 0 Å². The molecule has 2 rings (SSSR count). The molecule has 106 valence electrons. The summed E-state index contributed by atoms with van der Waals surface area (Å²) in [4.78, 5) is 11.8. The summed E-state index contributed by atoms with van der Waals surface area (Å²) in [5, 5.41) is 9.64. The highest BCUT2D eigenvalue weighted by atomic mass is 16.5. The van der Waals surface area contributed by atoms with Crippen molar-refractivity contribution in [2.75, 3.05) is 0 Å². The van der Waals surface area contributed by atoms with Crippen LogP contribution < -0.4 is 4.74 Å². The summed E-state index contributed by atoms with van der Waals surface area (Å²) in [5.41, 5.74) is 1.87. The van der Waals surface area contributed by atoms with E-state index in [-0.39, 0.29) is 5.75 Å². The average molecular weight is 272 g/mol. The molecule has 0 saturated heterocycles. The molecular formula is C17H20O3. The third kappa shape index (κ3) is 3.85. The van der Waals surface area contributed by atoms with Crippen molar-refractivity contribution < 1.29 is 14.6 Å². The maximum Gasteiger partial charge on any atom is 0.343 e. The van der Waals surface area contributed by atoms with Gasteiger partial charge in [-0.1, -0.05) is 32.0 Å². The maximum absolute atomic E-state index is 11.8. The molecule has 0 aliphatic carbocycles. The highest BCUT2D eigenvalue weighted by molar-refractivity contribution is 5.91. The summed E-state index contributed by atoms with van der Waals surface area (Å²) >= 11 is 0. The standard InChI is InChI=1S/C15H14O3.C2H6/c1-10-8-13(9-11(2)14(10)16)18-15(17)12-6-4-3-5-7-12;1-2/h3-9,16H,1-2H3;1-2H3. The number of carbonyl (C=O) groups is 1. The summed E-state index contributed by atoms with van der Waals surface area (Å²) in [6.07, 6.45) is 0. The fraction of sp³-hybridized carbons (Fsp3) is 0.235. The Morgan fingerprint density at radius 1 is 1.00 bits per heavy atom. The van der Waals surface area contributed by atoms with E-state index in [0.29, 0.717) is 22.4 Å². The van der Waals surface area contributed by atoms with Crippen molar-refractivity contribution in [3.8, 4) is 11.5 Å². The molecule has 0 fully saturated rings. The van der Waals surface area contributed by atoms with Gasteiger partial charge in [0.2, 0.25) is 0 Å². The zero-order chi connectivity index (χ0) is 15.1. The van der Waals surface area contributed by atoms with Crippen molar-refractivity contribution in [2.45, 2.75) is 27.7 Å². The van der Waals surface area contributed by atoms with Crippen LogP contribution in [0.4, 0.5) is 0 Å². The molecule has 0 saturated carbocycles. The number of ether oxygens (including phenoxy) is 1. The summed E-state index contributed by atoms with van der Waals surface area (Å²) < 4.78 is 5.27. The van der Waals surface area contributed by atoms with Crippen molar-refractivity contribution in [2.24, 2.45) is 0 Å². The normalized spacial score (nSPS) is 9.40. The molecule has 0 spiro atoms. The zero-order valence-electron chi connectivity index (χ0n) is 12.3. The van der Waals surface area contributed by atoms with Gasteiger partial charge in [0.25, 0.3) is 0 Å². The van der Waals surface area contributed by atoms with Crippen LogP contribution in [0.25, 0.3) is 0 Å². The van der Waals surface area contributed by atoms with E-state index in [1.165, 1.54) is 0 Å². The summed E-state index contributed by atoms with van der Waals surface area (Å²) in [7, 11) is 0. The first-order valence-corrected chi connectivity index (χ1v) is 6.65. The summed E-state index contributed by atoms with van der Waals surface area (Å²) in [6.45, 7) is 7.53. The average Bonchev–Trinajstić information content (AvgIpc) is 2.47. The van der Waals surface area contributed by atoms with E-state index in [4.69, 9.17) is 4.74 Å². The topological polar surface area (TPSA) is 46.5 Å². The van der Waals surface area contributed by atoms with Crippen molar-refractivity contribution in [1.29, 1.82) is 0 Å². The molecule has 0 aliphatic rings. The molecule has 3 nitrogen and oxygen atoms in total. The van der Waals surface area contributed by atoms with E-state index >= 15 is 0 Å². The molecule has 0 unspecified atom stereocenters. The first-order valence-electron chi connectivity index (χ1n) is 6.65. The third-order valence-electron chi connectivity index (χ3n) is 2.68. The minimum atomic E-state index is -0.403. The lowest BCUT2D eigenvalue weighted by Gasteiger charge is -2.08. The van der Waals surface area contributed by atoms with Gasteiger partial charge >= 0.3 is 5.97 Å². The summed E-state index contributed by atoms with van der Waals surface area (Å²) in [5.74, 6) is 0.270. The Morgan fingerprint density at radius 3 is 2.00 bits per heavy atom. The van der Waals surface area contributed by atoms with Gasteiger partial charge in [-0.3, -0.25) is 0 Å². The molecular weight excluding hydrogens is 252 g/mol. The van der Waals surface area contributed by atoms with Crippen LogP contribution in [-0.2, 0) is 0 Å². The molecule has 3 heteroatoms. The van der Waals surface area contributed by atoms with E-state index in [1.807, 2.05) is 19.9 Å². The number of hydrogen-bond acceptors (Lipinski definition) is 3. The number of carbonyl (C=O) groups excluding carboxylic acids is 1. The number of esters is 1. The van der Waals surface area contributed by atoms with Crippen LogP contribution >= 0.6 is 0 Å². The third-order valence-corrected chi connectivity index (χ3v) is 2.68. The van der Waals surface area contributed by atoms with Gasteiger partial charge in [-0.2, -0.15) is 0 Å². The van der Waals surface area contributed by atoms with E-state index in [1.54, 1.807) is 50.2 Å². The molecule has 0 heterocycles. The van der Waals surface area contributed by atoms with Gasteiger partial charge in [-0.25, -0.2) is 4.79 Å². The Labute approximate surface area is 119 Å². The van der Waals surface area contributed by atoms with Gasteiger partial charge in [0.05, 0.1) is 5.56 Å². The fourth-order valence-electron chi connectivity index (χ4n) is 1.72. The molecule has 20 heavy (non-hydrogen) atoms. The number of aryl methyl sites for hydroxylation is 2. The Kier molecular flexibility index (Phi) is 5.78. The Hall–Kier alpha value is -2.29. The molecule has 0 radical (unpaired) electrons. The molecule has 0 aromatic heterocycles. The molecule has 0 bridgehead atoms. The quantitative estimate of drug-likeness (QED) is 0.656. The predicted molar refractivity (Wildman–Crippen MR) is 80.3 cm³/mol. The first kappa shape index (κ1) is 15.8. The van der Waals surface area contributed by atoms with Crippen molar-refractivity contribution in [3.63, 3.8) is 0 Å². The van der Waals surface area contributed by atoms with Crippen molar-refractivity contribution >= 4 is 5.97 Å². The molecule has 0 amide bonds. The number of benzene rings is 2. The SMILES string of the molecule is CC.Cc1cc(OC(=O)c2ccccc2)cc(C)c1O. The van der Waals surface area contributed by atoms with E-state index in [0.717, 1.165) is 0 Å². The van der Waals surface area contributed by atoms with Gasteiger partial charge in [-0.05, 0) is 49.2 Å². The van der Waals surface area contributed by atoms with Crippen LogP contribution in [0.1, 0.15) is 35.3 Å². The number of rotatable bonds is 2. The van der Waals surface area contributed by atoms with Crippen LogP contribution in [0.3, 0.4) is 0 Å². The predicted octanol–water partition coefficient (Wildman–Crippen LogP) is 4.25. The number of phenols is 1. The lowest BCUT2D eigenvalue weighted by molar-refractivity contribution is 0.0734. The Balaban J connectivity index is 0.000000956. The zero-order valence-corrected chi connectivity index (χ0v) is 12.3. The monoisotopic (exact) mass is 272 g/mol. The van der Waals surface area contributed by atoms with Crippen molar-refractivity contribution in [3.05, 3.63) is 59.2 Å². The number of aromatic hydroxyl groups is 1. The second kappa shape index (κ2) is 7.34. The van der Waals surface area contributed by atoms with Crippen LogP contribution in [-0.4, -0.2) is 11.1 Å². The highest BCUT2D eigenvalue weighted by Gasteiger charge is 2.10. The first-order chi connectivity index (χ1) is 9.58. The number of phenolic OH excluding ortho intramolecular Hbond substituents is 1. The van der Waals surface area contributed by atoms with E-state index in [9.17, 15) is 9.90 Å². The Bertz CT molecular complexity index is 551. The highest BCUT2D eigenvalue weighted by Crippen LogP contribution is 2.27. The van der Waals surface area contributed by atoms with Crippen LogP contribution in [0.2, 0.25) is 0 Å². The van der Waals surface area contributed by atoms with Crippen LogP contribution in [0, 0.1) is 13.8 Å². The second-order valence-corrected chi connectivity index (χ2v) is 4.16. The van der Waals surface area contributed by atoms with Crippen LogP contribution in [0.5, 0.6) is 11.5 Å². The van der Waals surface area contributed by atoms with Crippen LogP contribution in [0.15, 0.2) is 42.5 Å². The molecule has 0 aliphatic heterocycles. The van der Waals surface area contributed by atoms with Gasteiger partial charge < -0.3 is 9.84 Å². The van der Waals surface area contributed by atoms with Gasteiger partial charge in [0, 0.05) is 0 Å². The molecule has 1 N–H and O–H groups in total. The lowest BCUT2D eigenvalue weighted by Crippen LogP contribution is -2.08. The largest absolute Gasteiger partial charge is 0.507 e. The van der Waals surface area contributed by atoms with Gasteiger partial charge in [0.1, 0.15) is 11.5 Å². The fourth-order valence-corrected chi connectivity index (χ4v) is 1.72. The lowest BCUT2D eigenvalue weighted by atomic mass is 10.1. The summed E-state index contributed by atoms with van der Waals surface area (Å²) in [6, 6.07) is 12.1. The molecule has 0 atom stereocenters. The maximum atomic E-state index is 11.8. The minimum absolute atomic E-state index is 0.231. The second-order valence-electron chi connectivity index (χ2n) is 4.16. The van der Waals surface area contributed by atoms with E-state index in [2.05, 4.69) is 0 Å². The minimum Gasteiger partial charge on any atom is -0.507 e. The smallest absolute Gasteiger partial charge is 0.343 e. The number of hydrogen-bond donors (Lipinski definition) is 1. The molecule has 2 aromatic rings.